The van der Waals surface area contributed by atoms with E-state index in [2.05, 4.69) is 21.0 Å². The van der Waals surface area contributed by atoms with E-state index in [0.29, 0.717) is 17.8 Å². The molecule has 1 fully saturated rings. The van der Waals surface area contributed by atoms with Crippen LogP contribution in [-0.4, -0.2) is 32.3 Å². The molecule has 2 N–H and O–H groups in total. The van der Waals surface area contributed by atoms with Crippen molar-refractivity contribution in [3.05, 3.63) is 95.1 Å². The van der Waals surface area contributed by atoms with E-state index in [-0.39, 0.29) is 10.8 Å². The first kappa shape index (κ1) is 23.0. The molecule has 0 unspecified atom stereocenters. The molecule has 0 bridgehead atoms. The van der Waals surface area contributed by atoms with Crippen molar-refractivity contribution >= 4 is 21.6 Å². The van der Waals surface area contributed by atoms with Crippen LogP contribution in [0.15, 0.2) is 77.7 Å². The highest BCUT2D eigenvalue weighted by Gasteiger charge is 2.17. The molecule has 1 amide bonds. The van der Waals surface area contributed by atoms with Crippen LogP contribution in [0.3, 0.4) is 0 Å². The normalized spacial score (nSPS) is 14.2. The van der Waals surface area contributed by atoms with E-state index in [1.54, 1.807) is 30.3 Å². The van der Waals surface area contributed by atoms with Crippen LogP contribution in [0.2, 0.25) is 0 Å². The Hall–Kier alpha value is -3.16. The monoisotopic (exact) mass is 463 g/mol. The summed E-state index contributed by atoms with van der Waals surface area (Å²) in [5, 5.41) is 2.94. The van der Waals surface area contributed by atoms with Crippen molar-refractivity contribution < 1.29 is 13.2 Å². The lowest BCUT2D eigenvalue weighted by Crippen LogP contribution is -2.25. The van der Waals surface area contributed by atoms with E-state index < -0.39 is 10.0 Å². The molecule has 6 nitrogen and oxygen atoms in total. The number of sulfonamides is 1. The first-order chi connectivity index (χ1) is 15.9. The van der Waals surface area contributed by atoms with Gasteiger partial charge in [0, 0.05) is 24.3 Å². The number of hydrogen-bond donors (Lipinski definition) is 2. The summed E-state index contributed by atoms with van der Waals surface area (Å²) in [4.78, 5) is 15.3. The van der Waals surface area contributed by atoms with Gasteiger partial charge in [0.25, 0.3) is 15.9 Å². The standard InChI is InChI=1S/C26H29N3O3S/c1-20-8-6-12-24(16-20)28-33(31,32)25-13-7-11-21(17-25)26(30)27-18-22-9-2-3-10-23(22)19-29-14-4-5-15-29/h2-3,6-13,16-17,28H,4-5,14-15,18-19H2,1H3,(H,27,30). The molecule has 3 aromatic carbocycles. The SMILES string of the molecule is Cc1cccc(NS(=O)(=O)c2cccc(C(=O)NCc3ccccc3CN3CCCC3)c2)c1. The topological polar surface area (TPSA) is 78.5 Å². The third kappa shape index (κ3) is 6.00. The maximum absolute atomic E-state index is 12.8. The van der Waals surface area contributed by atoms with E-state index >= 15 is 0 Å². The van der Waals surface area contributed by atoms with Gasteiger partial charge in [0.2, 0.25) is 0 Å². The van der Waals surface area contributed by atoms with Gasteiger partial charge in [-0.15, -0.1) is 0 Å². The number of likely N-dealkylation sites (tertiary alicyclic amines) is 1. The molecule has 3 aromatic rings. The number of nitrogens with zero attached hydrogens (tertiary/aromatic N) is 1. The Morgan fingerprint density at radius 1 is 0.909 bits per heavy atom. The Labute approximate surface area is 195 Å². The van der Waals surface area contributed by atoms with Crippen molar-refractivity contribution in [1.82, 2.24) is 10.2 Å². The molecule has 1 aliphatic heterocycles. The van der Waals surface area contributed by atoms with Crippen molar-refractivity contribution in [3.8, 4) is 0 Å². The van der Waals surface area contributed by atoms with Gasteiger partial charge in [-0.1, -0.05) is 42.5 Å². The van der Waals surface area contributed by atoms with E-state index in [4.69, 9.17) is 0 Å². The molecule has 7 heteroatoms. The Bertz CT molecular complexity index is 1230. The summed E-state index contributed by atoms with van der Waals surface area (Å²) in [6, 6.07) is 21.4. The first-order valence-electron chi connectivity index (χ1n) is 11.2. The van der Waals surface area contributed by atoms with Gasteiger partial charge in [-0.05, 0) is 79.9 Å². The zero-order chi connectivity index (χ0) is 23.3. The second kappa shape index (κ2) is 10.2. The Balaban J connectivity index is 1.44. The molecule has 1 saturated heterocycles. The number of carbonyl (C=O) groups excluding carboxylic acids is 1. The van der Waals surface area contributed by atoms with Gasteiger partial charge in [0.05, 0.1) is 4.90 Å². The van der Waals surface area contributed by atoms with E-state index in [9.17, 15) is 13.2 Å². The lowest BCUT2D eigenvalue weighted by molar-refractivity contribution is 0.0950. The van der Waals surface area contributed by atoms with Crippen LogP contribution >= 0.6 is 0 Å². The first-order valence-corrected chi connectivity index (χ1v) is 12.7. The number of aryl methyl sites for hydroxylation is 1. The lowest BCUT2D eigenvalue weighted by Gasteiger charge is -2.18. The zero-order valence-corrected chi connectivity index (χ0v) is 19.6. The third-order valence-corrected chi connectivity index (χ3v) is 7.21. The molecule has 0 spiro atoms. The van der Waals surface area contributed by atoms with Gasteiger partial charge in [0.15, 0.2) is 0 Å². The molecule has 0 aromatic heterocycles. The second-order valence-corrected chi connectivity index (χ2v) is 10.1. The summed E-state index contributed by atoms with van der Waals surface area (Å²) in [5.41, 5.74) is 4.02. The highest BCUT2D eigenvalue weighted by molar-refractivity contribution is 7.92. The van der Waals surface area contributed by atoms with Crippen LogP contribution in [-0.2, 0) is 23.1 Å². The molecule has 0 radical (unpaired) electrons. The van der Waals surface area contributed by atoms with Crippen molar-refractivity contribution in [1.29, 1.82) is 0 Å². The molecule has 0 atom stereocenters. The maximum atomic E-state index is 12.8. The van der Waals surface area contributed by atoms with Crippen molar-refractivity contribution in [2.75, 3.05) is 17.8 Å². The molecular formula is C26H29N3O3S. The molecule has 33 heavy (non-hydrogen) atoms. The maximum Gasteiger partial charge on any atom is 0.261 e. The average molecular weight is 464 g/mol. The number of amides is 1. The van der Waals surface area contributed by atoms with Gasteiger partial charge < -0.3 is 5.32 Å². The predicted molar refractivity (Wildman–Crippen MR) is 131 cm³/mol. The zero-order valence-electron chi connectivity index (χ0n) is 18.8. The second-order valence-electron chi connectivity index (χ2n) is 8.44. The fourth-order valence-electron chi connectivity index (χ4n) is 4.07. The number of rotatable bonds is 8. The molecule has 0 saturated carbocycles. The number of benzene rings is 3. The van der Waals surface area contributed by atoms with Gasteiger partial charge >= 0.3 is 0 Å². The number of carbonyl (C=O) groups is 1. The van der Waals surface area contributed by atoms with Crippen LogP contribution in [0.25, 0.3) is 0 Å². The molecule has 1 heterocycles. The lowest BCUT2D eigenvalue weighted by atomic mass is 10.1. The highest BCUT2D eigenvalue weighted by atomic mass is 32.2. The number of nitrogens with one attached hydrogen (secondary N) is 2. The third-order valence-electron chi connectivity index (χ3n) is 5.83. The minimum absolute atomic E-state index is 0.0473. The Morgan fingerprint density at radius 3 is 2.39 bits per heavy atom. The Kier molecular flexibility index (Phi) is 7.11. The number of anilines is 1. The van der Waals surface area contributed by atoms with Crippen LogP contribution in [0, 0.1) is 6.92 Å². The van der Waals surface area contributed by atoms with Gasteiger partial charge in [-0.2, -0.15) is 0 Å². The fraction of sp³-hybridized carbons (Fsp3) is 0.269. The molecular weight excluding hydrogens is 434 g/mol. The molecule has 0 aliphatic carbocycles. The fourth-order valence-corrected chi connectivity index (χ4v) is 5.17. The summed E-state index contributed by atoms with van der Waals surface area (Å²) < 4.78 is 28.2. The molecule has 172 valence electrons. The van der Waals surface area contributed by atoms with Gasteiger partial charge in [-0.3, -0.25) is 14.4 Å². The van der Waals surface area contributed by atoms with Crippen LogP contribution in [0.4, 0.5) is 5.69 Å². The average Bonchev–Trinajstić information content (AvgIpc) is 3.31. The van der Waals surface area contributed by atoms with Crippen LogP contribution < -0.4 is 10.0 Å². The van der Waals surface area contributed by atoms with Gasteiger partial charge in [0.1, 0.15) is 0 Å². The van der Waals surface area contributed by atoms with E-state index in [0.717, 1.165) is 30.8 Å². The summed E-state index contributed by atoms with van der Waals surface area (Å²) in [5.74, 6) is -0.307. The van der Waals surface area contributed by atoms with Crippen LogP contribution in [0.1, 0.15) is 39.9 Å². The highest BCUT2D eigenvalue weighted by Crippen LogP contribution is 2.19. The summed E-state index contributed by atoms with van der Waals surface area (Å²) >= 11 is 0. The summed E-state index contributed by atoms with van der Waals surface area (Å²) in [6.45, 7) is 5.38. The minimum Gasteiger partial charge on any atom is -0.348 e. The quantitative estimate of drug-likeness (QED) is 0.521. The summed E-state index contributed by atoms with van der Waals surface area (Å²) in [7, 11) is -3.81. The summed E-state index contributed by atoms with van der Waals surface area (Å²) in [6.07, 6.45) is 2.47. The largest absolute Gasteiger partial charge is 0.348 e. The predicted octanol–water partition coefficient (Wildman–Crippen LogP) is 4.32. The smallest absolute Gasteiger partial charge is 0.261 e. The Morgan fingerprint density at radius 2 is 1.64 bits per heavy atom. The van der Waals surface area contributed by atoms with Crippen molar-refractivity contribution in [2.24, 2.45) is 0 Å². The van der Waals surface area contributed by atoms with Crippen molar-refractivity contribution in [2.45, 2.75) is 37.8 Å². The van der Waals surface area contributed by atoms with E-state index in [1.807, 2.05) is 31.2 Å². The van der Waals surface area contributed by atoms with Crippen molar-refractivity contribution in [3.63, 3.8) is 0 Å². The van der Waals surface area contributed by atoms with E-state index in [1.165, 1.54) is 30.5 Å². The minimum atomic E-state index is -3.81. The number of hydrogen-bond acceptors (Lipinski definition) is 4. The van der Waals surface area contributed by atoms with Gasteiger partial charge in [-0.25, -0.2) is 8.42 Å². The molecule has 1 aliphatic rings. The molecule has 4 rings (SSSR count). The van der Waals surface area contributed by atoms with Crippen LogP contribution in [0.5, 0.6) is 0 Å².